The Labute approximate surface area is 113 Å². The maximum absolute atomic E-state index is 12.2. The molecule has 1 aromatic rings. The Morgan fingerprint density at radius 1 is 1.37 bits per heavy atom. The van der Waals surface area contributed by atoms with Gasteiger partial charge in [-0.25, -0.2) is 4.98 Å². The predicted octanol–water partition coefficient (Wildman–Crippen LogP) is 1.12. The van der Waals surface area contributed by atoms with Gasteiger partial charge in [0.25, 0.3) is 0 Å². The third-order valence-corrected chi connectivity index (χ3v) is 4.34. The normalized spacial score (nSPS) is 23.9. The van der Waals surface area contributed by atoms with Crippen molar-refractivity contribution in [3.8, 4) is 0 Å². The van der Waals surface area contributed by atoms with Crippen molar-refractivity contribution in [2.24, 2.45) is 5.92 Å². The number of hydrogen-bond donors (Lipinski definition) is 3. The molecule has 1 aliphatic heterocycles. The highest BCUT2D eigenvalue weighted by Gasteiger charge is 2.26. The molecule has 0 spiro atoms. The molecule has 19 heavy (non-hydrogen) atoms. The summed E-state index contributed by atoms with van der Waals surface area (Å²) in [5.41, 5.74) is 2.13. The van der Waals surface area contributed by atoms with Crippen LogP contribution in [-0.2, 0) is 17.8 Å². The molecular formula is C14H22N4O. The molecule has 104 valence electrons. The van der Waals surface area contributed by atoms with Gasteiger partial charge in [-0.1, -0.05) is 19.3 Å². The fourth-order valence-corrected chi connectivity index (χ4v) is 3.11. The summed E-state index contributed by atoms with van der Waals surface area (Å²) in [7, 11) is 0. The zero-order chi connectivity index (χ0) is 13.1. The van der Waals surface area contributed by atoms with Crippen LogP contribution in [0.5, 0.6) is 0 Å². The Balaban J connectivity index is 1.48. The van der Waals surface area contributed by atoms with E-state index in [1.54, 1.807) is 6.33 Å². The van der Waals surface area contributed by atoms with E-state index < -0.39 is 0 Å². The number of nitrogens with zero attached hydrogens (tertiary/aromatic N) is 1. The lowest BCUT2D eigenvalue weighted by Gasteiger charge is -2.25. The molecule has 3 N–H and O–H groups in total. The van der Waals surface area contributed by atoms with Crippen molar-refractivity contribution in [2.75, 3.05) is 6.54 Å². The van der Waals surface area contributed by atoms with Gasteiger partial charge in [0.2, 0.25) is 5.91 Å². The summed E-state index contributed by atoms with van der Waals surface area (Å²) >= 11 is 0. The minimum Gasteiger partial charge on any atom is -0.354 e. The van der Waals surface area contributed by atoms with Crippen LogP contribution in [0.4, 0.5) is 0 Å². The average molecular weight is 262 g/mol. The van der Waals surface area contributed by atoms with E-state index in [1.807, 2.05) is 0 Å². The van der Waals surface area contributed by atoms with Crippen LogP contribution >= 0.6 is 0 Å². The fraction of sp³-hybridized carbons (Fsp3) is 0.714. The van der Waals surface area contributed by atoms with Gasteiger partial charge in [-0.05, 0) is 18.8 Å². The summed E-state index contributed by atoms with van der Waals surface area (Å²) in [5, 5.41) is 6.37. The first-order valence-electron chi connectivity index (χ1n) is 7.35. The van der Waals surface area contributed by atoms with Crippen LogP contribution in [0.3, 0.4) is 0 Å². The van der Waals surface area contributed by atoms with Gasteiger partial charge in [0.1, 0.15) is 0 Å². The van der Waals surface area contributed by atoms with E-state index in [2.05, 4.69) is 20.6 Å². The molecule has 2 heterocycles. The van der Waals surface area contributed by atoms with Crippen molar-refractivity contribution < 1.29 is 4.79 Å². The second-order valence-electron chi connectivity index (χ2n) is 5.71. The van der Waals surface area contributed by atoms with Crippen molar-refractivity contribution in [1.29, 1.82) is 0 Å². The number of rotatable bonds is 3. The number of H-pyrrole nitrogens is 1. The Hall–Kier alpha value is -1.36. The van der Waals surface area contributed by atoms with Crippen LogP contribution in [-0.4, -0.2) is 28.5 Å². The number of hydrogen-bond acceptors (Lipinski definition) is 3. The van der Waals surface area contributed by atoms with Gasteiger partial charge in [0.05, 0.1) is 23.8 Å². The first-order valence-corrected chi connectivity index (χ1v) is 7.35. The van der Waals surface area contributed by atoms with Gasteiger partial charge < -0.3 is 10.3 Å². The maximum atomic E-state index is 12.2. The third kappa shape index (κ3) is 2.97. The summed E-state index contributed by atoms with van der Waals surface area (Å²) in [6.45, 7) is 1.54. The summed E-state index contributed by atoms with van der Waals surface area (Å²) in [5.74, 6) is 0.807. The van der Waals surface area contributed by atoms with Gasteiger partial charge in [0.15, 0.2) is 0 Å². The second kappa shape index (κ2) is 5.74. The highest BCUT2D eigenvalue weighted by atomic mass is 16.2. The van der Waals surface area contributed by atoms with Gasteiger partial charge in [-0.15, -0.1) is 0 Å². The molecule has 1 unspecified atom stereocenters. The van der Waals surface area contributed by atoms with Crippen LogP contribution in [0.1, 0.15) is 43.5 Å². The lowest BCUT2D eigenvalue weighted by Crippen LogP contribution is -2.48. The molecule has 2 aliphatic rings. The van der Waals surface area contributed by atoms with Crippen LogP contribution in [0, 0.1) is 5.92 Å². The summed E-state index contributed by atoms with van der Waals surface area (Å²) in [6, 6.07) is -0.126. The zero-order valence-electron chi connectivity index (χ0n) is 11.2. The quantitative estimate of drug-likeness (QED) is 0.764. The predicted molar refractivity (Wildman–Crippen MR) is 72.5 cm³/mol. The Morgan fingerprint density at radius 2 is 2.21 bits per heavy atom. The van der Waals surface area contributed by atoms with E-state index in [4.69, 9.17) is 0 Å². The number of fused-ring (bicyclic) bond motifs is 1. The average Bonchev–Trinajstić information content (AvgIpc) is 2.93. The number of nitrogens with one attached hydrogen (secondary N) is 3. The minimum absolute atomic E-state index is 0.124. The molecule has 0 radical (unpaired) electrons. The van der Waals surface area contributed by atoms with Gasteiger partial charge >= 0.3 is 0 Å². The lowest BCUT2D eigenvalue weighted by atomic mass is 9.89. The van der Waals surface area contributed by atoms with Crippen LogP contribution in [0.25, 0.3) is 0 Å². The summed E-state index contributed by atoms with van der Waals surface area (Å²) < 4.78 is 0. The van der Waals surface area contributed by atoms with Crippen LogP contribution < -0.4 is 10.6 Å². The van der Waals surface area contributed by atoms with Crippen molar-refractivity contribution in [2.45, 2.75) is 51.1 Å². The van der Waals surface area contributed by atoms with E-state index in [0.29, 0.717) is 18.9 Å². The first kappa shape index (κ1) is 12.7. The number of aromatic amines is 1. The number of carbonyl (C=O) groups is 1. The van der Waals surface area contributed by atoms with Gasteiger partial charge in [0, 0.05) is 19.5 Å². The van der Waals surface area contributed by atoms with E-state index in [9.17, 15) is 4.79 Å². The molecule has 5 heteroatoms. The number of amides is 1. The van der Waals surface area contributed by atoms with E-state index in [1.165, 1.54) is 32.1 Å². The molecule has 0 saturated heterocycles. The van der Waals surface area contributed by atoms with Crippen molar-refractivity contribution in [1.82, 2.24) is 20.6 Å². The Morgan fingerprint density at radius 3 is 3.05 bits per heavy atom. The zero-order valence-corrected chi connectivity index (χ0v) is 11.2. The molecule has 1 saturated carbocycles. The van der Waals surface area contributed by atoms with E-state index in [-0.39, 0.29) is 11.9 Å². The fourth-order valence-electron chi connectivity index (χ4n) is 3.11. The highest BCUT2D eigenvalue weighted by molar-refractivity contribution is 5.82. The van der Waals surface area contributed by atoms with E-state index >= 15 is 0 Å². The van der Waals surface area contributed by atoms with Gasteiger partial charge in [-0.3, -0.25) is 10.1 Å². The maximum Gasteiger partial charge on any atom is 0.237 e. The molecule has 1 fully saturated rings. The standard InChI is InChI=1S/C14H22N4O/c19-14(16-7-10-4-2-1-3-5-10)12-6-11-13(8-15-12)18-9-17-11/h9-10,12,15H,1-8H2,(H,16,19)(H,17,18). The third-order valence-electron chi connectivity index (χ3n) is 4.34. The number of aromatic nitrogens is 2. The van der Waals surface area contributed by atoms with Crippen molar-refractivity contribution in [3.63, 3.8) is 0 Å². The molecule has 1 aliphatic carbocycles. The Bertz CT molecular complexity index is 436. The smallest absolute Gasteiger partial charge is 0.237 e. The SMILES string of the molecule is O=C(NCC1CCCCC1)C1Cc2nc[nH]c2CN1. The van der Waals surface area contributed by atoms with Crippen molar-refractivity contribution in [3.05, 3.63) is 17.7 Å². The molecular weight excluding hydrogens is 240 g/mol. The molecule has 1 aromatic heterocycles. The first-order chi connectivity index (χ1) is 9.33. The molecule has 1 atom stereocenters. The Kier molecular flexibility index (Phi) is 3.82. The summed E-state index contributed by atoms with van der Waals surface area (Å²) in [6.07, 6.45) is 8.92. The highest BCUT2D eigenvalue weighted by Crippen LogP contribution is 2.22. The molecule has 1 amide bonds. The lowest BCUT2D eigenvalue weighted by molar-refractivity contribution is -0.123. The molecule has 5 nitrogen and oxygen atoms in total. The molecule has 0 bridgehead atoms. The minimum atomic E-state index is -0.126. The number of imidazole rings is 1. The summed E-state index contributed by atoms with van der Waals surface area (Å²) in [4.78, 5) is 19.5. The van der Waals surface area contributed by atoms with E-state index in [0.717, 1.165) is 17.9 Å². The number of carbonyl (C=O) groups excluding carboxylic acids is 1. The monoisotopic (exact) mass is 262 g/mol. The molecule has 0 aromatic carbocycles. The van der Waals surface area contributed by atoms with Gasteiger partial charge in [-0.2, -0.15) is 0 Å². The van der Waals surface area contributed by atoms with Crippen molar-refractivity contribution >= 4 is 5.91 Å². The van der Waals surface area contributed by atoms with Crippen LogP contribution in [0.2, 0.25) is 0 Å². The second-order valence-corrected chi connectivity index (χ2v) is 5.71. The topological polar surface area (TPSA) is 69.8 Å². The van der Waals surface area contributed by atoms with Crippen LogP contribution in [0.15, 0.2) is 6.33 Å². The molecule has 3 rings (SSSR count). The largest absolute Gasteiger partial charge is 0.354 e.